The van der Waals surface area contributed by atoms with Crippen molar-refractivity contribution in [1.82, 2.24) is 9.88 Å². The molecule has 0 spiro atoms. The fraction of sp³-hybridized carbons (Fsp3) is 0.357. The largest absolute Gasteiger partial charge is 0.375 e. The molecule has 0 amide bonds. The smallest absolute Gasteiger partial charge is 0.180 e. The summed E-state index contributed by atoms with van der Waals surface area (Å²) in [5, 5.41) is 0.712. The van der Waals surface area contributed by atoms with E-state index in [0.717, 1.165) is 32.5 Å². The van der Waals surface area contributed by atoms with Crippen LogP contribution in [0.3, 0.4) is 0 Å². The number of hydrogen-bond donors (Lipinski definition) is 1. The summed E-state index contributed by atoms with van der Waals surface area (Å²) in [6.45, 7) is 3.12. The van der Waals surface area contributed by atoms with Crippen LogP contribution in [0.1, 0.15) is 16.1 Å². The maximum Gasteiger partial charge on any atom is 0.180 e. The van der Waals surface area contributed by atoms with Gasteiger partial charge in [0.05, 0.1) is 5.69 Å². The molecule has 2 aromatic rings. The number of anilines is 1. The van der Waals surface area contributed by atoms with Crippen molar-refractivity contribution in [2.24, 2.45) is 0 Å². The molecule has 3 rings (SSSR count). The maximum absolute atomic E-state index is 5.78. The molecule has 0 radical (unpaired) electrons. The first-order valence-corrected chi connectivity index (χ1v) is 8.03. The first-order valence-electron chi connectivity index (χ1n) is 6.42. The van der Waals surface area contributed by atoms with E-state index in [2.05, 4.69) is 50.1 Å². The highest BCUT2D eigenvalue weighted by Crippen LogP contribution is 2.25. The Kier molecular flexibility index (Phi) is 7.44. The SMILES string of the molecule is Cl.Cl.Nc1nc2c(s1)CCN(Cc1ccccc1Br)CC2. The van der Waals surface area contributed by atoms with Crippen LogP contribution in [0.15, 0.2) is 28.7 Å². The number of nitrogens with two attached hydrogens (primary N) is 1. The van der Waals surface area contributed by atoms with Gasteiger partial charge in [-0.05, 0) is 18.1 Å². The quantitative estimate of drug-likeness (QED) is 0.815. The molecule has 1 aliphatic rings. The Hall–Kier alpha value is -0.330. The van der Waals surface area contributed by atoms with Crippen molar-refractivity contribution >= 4 is 57.2 Å². The molecule has 0 saturated carbocycles. The lowest BCUT2D eigenvalue weighted by molar-refractivity contribution is 0.278. The number of nitrogens with zero attached hydrogens (tertiary/aromatic N) is 2. The standard InChI is InChI=1S/C14H16BrN3S.2ClH/c15-11-4-2-1-3-10(11)9-18-7-5-12-13(6-8-18)19-14(16)17-12;;/h1-4H,5-9H2,(H2,16,17);2*1H. The van der Waals surface area contributed by atoms with Crippen LogP contribution in [0.4, 0.5) is 5.13 Å². The van der Waals surface area contributed by atoms with Gasteiger partial charge in [-0.2, -0.15) is 0 Å². The van der Waals surface area contributed by atoms with Crippen LogP contribution in [0, 0.1) is 0 Å². The molecule has 2 heterocycles. The zero-order valence-electron chi connectivity index (χ0n) is 11.4. The lowest BCUT2D eigenvalue weighted by atomic mass is 10.2. The Bertz CT molecular complexity index is 566. The van der Waals surface area contributed by atoms with Crippen LogP contribution >= 0.6 is 52.1 Å². The number of rotatable bonds is 2. The van der Waals surface area contributed by atoms with Crippen molar-refractivity contribution in [3.63, 3.8) is 0 Å². The Morgan fingerprint density at radius 3 is 2.67 bits per heavy atom. The van der Waals surface area contributed by atoms with E-state index in [9.17, 15) is 0 Å². The number of hydrogen-bond acceptors (Lipinski definition) is 4. The minimum atomic E-state index is 0. The third-order valence-electron chi connectivity index (χ3n) is 3.47. The van der Waals surface area contributed by atoms with Gasteiger partial charge in [0.15, 0.2) is 5.13 Å². The monoisotopic (exact) mass is 409 g/mol. The lowest BCUT2D eigenvalue weighted by Crippen LogP contribution is -2.26. The molecule has 0 aliphatic carbocycles. The Morgan fingerprint density at radius 2 is 1.90 bits per heavy atom. The van der Waals surface area contributed by atoms with Gasteiger partial charge in [-0.1, -0.05) is 34.1 Å². The fourth-order valence-corrected chi connectivity index (χ4v) is 3.73. The lowest BCUT2D eigenvalue weighted by Gasteiger charge is -2.20. The maximum atomic E-state index is 5.78. The molecular weight excluding hydrogens is 393 g/mol. The van der Waals surface area contributed by atoms with Crippen LogP contribution < -0.4 is 5.73 Å². The summed E-state index contributed by atoms with van der Waals surface area (Å²) in [6, 6.07) is 8.43. The van der Waals surface area contributed by atoms with Gasteiger partial charge in [-0.25, -0.2) is 4.98 Å². The number of thiazole rings is 1. The van der Waals surface area contributed by atoms with E-state index >= 15 is 0 Å². The molecule has 0 bridgehead atoms. The van der Waals surface area contributed by atoms with Crippen LogP contribution in [-0.2, 0) is 19.4 Å². The number of benzene rings is 1. The van der Waals surface area contributed by atoms with Gasteiger partial charge in [-0.3, -0.25) is 4.90 Å². The van der Waals surface area contributed by atoms with E-state index in [1.54, 1.807) is 11.3 Å². The van der Waals surface area contributed by atoms with Crippen LogP contribution in [0.2, 0.25) is 0 Å². The number of nitrogen functional groups attached to an aromatic ring is 1. The first-order chi connectivity index (χ1) is 9.22. The van der Waals surface area contributed by atoms with Crippen molar-refractivity contribution in [3.05, 3.63) is 44.9 Å². The topological polar surface area (TPSA) is 42.1 Å². The summed E-state index contributed by atoms with van der Waals surface area (Å²) in [4.78, 5) is 8.29. The van der Waals surface area contributed by atoms with Crippen molar-refractivity contribution < 1.29 is 0 Å². The van der Waals surface area contributed by atoms with E-state index < -0.39 is 0 Å². The molecule has 3 nitrogen and oxygen atoms in total. The zero-order chi connectivity index (χ0) is 13.2. The molecule has 0 unspecified atom stereocenters. The van der Waals surface area contributed by atoms with E-state index in [-0.39, 0.29) is 24.8 Å². The summed E-state index contributed by atoms with van der Waals surface area (Å²) in [5.41, 5.74) is 8.33. The predicted molar refractivity (Wildman–Crippen MR) is 97.8 cm³/mol. The van der Waals surface area contributed by atoms with Crippen molar-refractivity contribution in [3.8, 4) is 0 Å². The van der Waals surface area contributed by atoms with Gasteiger partial charge in [0.25, 0.3) is 0 Å². The van der Waals surface area contributed by atoms with Crippen molar-refractivity contribution in [2.45, 2.75) is 19.4 Å². The molecule has 7 heteroatoms. The van der Waals surface area contributed by atoms with Crippen molar-refractivity contribution in [2.75, 3.05) is 18.8 Å². The number of halogens is 3. The highest BCUT2D eigenvalue weighted by atomic mass is 79.9. The minimum absolute atomic E-state index is 0. The fourth-order valence-electron chi connectivity index (χ4n) is 2.46. The summed E-state index contributed by atoms with van der Waals surface area (Å²) in [5.74, 6) is 0. The summed E-state index contributed by atoms with van der Waals surface area (Å²) < 4.78 is 1.19. The molecule has 0 atom stereocenters. The zero-order valence-corrected chi connectivity index (χ0v) is 15.5. The molecular formula is C14H18BrCl2N3S. The number of aromatic nitrogens is 1. The van der Waals surface area contributed by atoms with Gasteiger partial charge in [-0.15, -0.1) is 36.2 Å². The van der Waals surface area contributed by atoms with Gasteiger partial charge < -0.3 is 5.73 Å². The van der Waals surface area contributed by atoms with E-state index in [1.807, 2.05) is 0 Å². The minimum Gasteiger partial charge on any atom is -0.375 e. The molecule has 2 N–H and O–H groups in total. The van der Waals surface area contributed by atoms with Gasteiger partial charge in [0.1, 0.15) is 0 Å². The van der Waals surface area contributed by atoms with E-state index in [4.69, 9.17) is 5.73 Å². The predicted octanol–water partition coefficient (Wildman–Crippen LogP) is 3.93. The van der Waals surface area contributed by atoms with Gasteiger partial charge in [0.2, 0.25) is 0 Å². The molecule has 0 fully saturated rings. The molecule has 1 aliphatic heterocycles. The Labute approximate surface area is 149 Å². The Balaban J connectivity index is 0.00000110. The van der Waals surface area contributed by atoms with Crippen LogP contribution in [0.25, 0.3) is 0 Å². The Morgan fingerprint density at radius 1 is 1.19 bits per heavy atom. The van der Waals surface area contributed by atoms with Crippen molar-refractivity contribution in [1.29, 1.82) is 0 Å². The van der Waals surface area contributed by atoms with Gasteiger partial charge >= 0.3 is 0 Å². The van der Waals surface area contributed by atoms with Crippen LogP contribution in [0.5, 0.6) is 0 Å². The van der Waals surface area contributed by atoms with E-state index in [0.29, 0.717) is 5.13 Å². The molecule has 116 valence electrons. The number of fused-ring (bicyclic) bond motifs is 1. The molecule has 21 heavy (non-hydrogen) atoms. The van der Waals surface area contributed by atoms with E-state index in [1.165, 1.54) is 20.6 Å². The second-order valence-corrected chi connectivity index (χ2v) is 6.76. The highest BCUT2D eigenvalue weighted by molar-refractivity contribution is 9.10. The third-order valence-corrected chi connectivity index (χ3v) is 5.23. The second kappa shape index (κ2) is 8.34. The summed E-state index contributed by atoms with van der Waals surface area (Å²) in [6.07, 6.45) is 2.07. The second-order valence-electron chi connectivity index (χ2n) is 4.79. The summed E-state index contributed by atoms with van der Waals surface area (Å²) >= 11 is 5.27. The average molecular weight is 411 g/mol. The van der Waals surface area contributed by atoms with Crippen LogP contribution in [-0.4, -0.2) is 23.0 Å². The molecule has 0 saturated heterocycles. The first kappa shape index (κ1) is 18.7. The molecule has 1 aromatic carbocycles. The molecule has 1 aromatic heterocycles. The summed E-state index contributed by atoms with van der Waals surface area (Å²) in [7, 11) is 0. The normalized spacial score (nSPS) is 14.5. The highest BCUT2D eigenvalue weighted by Gasteiger charge is 2.18. The third kappa shape index (κ3) is 4.57. The average Bonchev–Trinajstić information content (AvgIpc) is 2.66. The van der Waals surface area contributed by atoms with Gasteiger partial charge in [0, 0.05) is 35.4 Å².